The van der Waals surface area contributed by atoms with E-state index in [0.717, 1.165) is 18.4 Å². The lowest BCUT2D eigenvalue weighted by molar-refractivity contribution is -0.322. The van der Waals surface area contributed by atoms with Gasteiger partial charge in [-0.25, -0.2) is 9.59 Å². The van der Waals surface area contributed by atoms with Gasteiger partial charge in [-0.05, 0) is 62.4 Å². The van der Waals surface area contributed by atoms with Gasteiger partial charge in [-0.1, -0.05) is 6.92 Å². The first-order chi connectivity index (χ1) is 24.1. The van der Waals surface area contributed by atoms with Crippen LogP contribution in [0.1, 0.15) is 79.6 Å². The summed E-state index contributed by atoms with van der Waals surface area (Å²) >= 11 is 0. The average molecular weight is 719 g/mol. The fraction of sp³-hybridized carbons (Fsp3) is 0.806. The monoisotopic (exact) mass is 718 g/mol. The van der Waals surface area contributed by atoms with E-state index in [1.54, 1.807) is 13.0 Å². The van der Waals surface area contributed by atoms with Crippen LogP contribution in [0.15, 0.2) is 11.6 Å². The van der Waals surface area contributed by atoms with Gasteiger partial charge in [0.1, 0.15) is 24.9 Å². The Morgan fingerprint density at radius 3 is 2.27 bits per heavy atom. The quantitative estimate of drug-likeness (QED) is 0.182. The third-order valence-electron chi connectivity index (χ3n) is 13.7. The third kappa shape index (κ3) is 5.08. The minimum absolute atomic E-state index is 0.0128. The Bertz CT molecular complexity index is 1560. The first-order valence-electron chi connectivity index (χ1n) is 18.1. The van der Waals surface area contributed by atoms with Crippen LogP contribution in [-0.4, -0.2) is 109 Å². The number of epoxide rings is 1. The summed E-state index contributed by atoms with van der Waals surface area (Å²) in [5.41, 5.74) is -2.13. The zero-order valence-corrected chi connectivity index (χ0v) is 29.5. The molecule has 2 spiro atoms. The Hall–Kier alpha value is -3.27. The van der Waals surface area contributed by atoms with Crippen molar-refractivity contribution in [1.29, 1.82) is 0 Å². The molecular weight excluding hydrogens is 672 g/mol. The van der Waals surface area contributed by atoms with Crippen molar-refractivity contribution in [3.8, 4) is 0 Å². The molecular formula is C36H46O15. The van der Waals surface area contributed by atoms with Crippen LogP contribution < -0.4 is 0 Å². The average Bonchev–Trinajstić information content (AvgIpc) is 3.45. The molecule has 3 saturated heterocycles. The minimum Gasteiger partial charge on any atom is -0.458 e. The number of carbonyl (C=O) groups excluding carboxylic acids is 5. The smallest absolute Gasteiger partial charge is 0.458 e. The van der Waals surface area contributed by atoms with Gasteiger partial charge in [-0.15, -0.1) is 0 Å². The van der Waals surface area contributed by atoms with Gasteiger partial charge in [0.05, 0.1) is 29.3 Å². The molecule has 0 radical (unpaired) electrons. The first kappa shape index (κ1) is 34.8. The van der Waals surface area contributed by atoms with E-state index in [1.165, 1.54) is 20.8 Å². The predicted molar refractivity (Wildman–Crippen MR) is 167 cm³/mol. The van der Waals surface area contributed by atoms with Gasteiger partial charge in [0.2, 0.25) is 0 Å². The van der Waals surface area contributed by atoms with Crippen LogP contribution in [0.25, 0.3) is 0 Å². The molecule has 0 amide bonds. The van der Waals surface area contributed by atoms with E-state index in [0.29, 0.717) is 25.7 Å². The topological polar surface area (TPSA) is 192 Å². The van der Waals surface area contributed by atoms with E-state index < -0.39 is 89.0 Å². The third-order valence-corrected chi connectivity index (χ3v) is 13.7. The lowest BCUT2D eigenvalue weighted by Crippen LogP contribution is -2.72. The molecule has 7 fully saturated rings. The molecule has 0 aromatic heterocycles. The summed E-state index contributed by atoms with van der Waals surface area (Å²) in [5.74, 6) is -2.59. The molecule has 4 heterocycles. The highest BCUT2D eigenvalue weighted by molar-refractivity contribution is 5.85. The van der Waals surface area contributed by atoms with Crippen LogP contribution in [0, 0.1) is 28.6 Å². The number of ether oxygens (including phenoxy) is 9. The fourth-order valence-electron chi connectivity index (χ4n) is 11.8. The maximum atomic E-state index is 12.8. The number of rotatable bonds is 6. The molecule has 4 aliphatic heterocycles. The van der Waals surface area contributed by atoms with Crippen LogP contribution in [0.5, 0.6) is 0 Å². The number of hydrogen-bond acceptors (Lipinski definition) is 15. The first-order valence-corrected chi connectivity index (χ1v) is 18.1. The van der Waals surface area contributed by atoms with Crippen molar-refractivity contribution < 1.29 is 71.7 Å². The SMILES string of the molecule is CC(=O)O[C@@H]1[C@@H](OC(C)=O)[C@H](C)O[C@@H](O[C@H]2C[C@H]3OC(=O)OC[C@]34[C@H]3CC[C@]5(C)[C@@H](C6=CC(=O)OC6)CC[C@]5(O)[C@@H]3C[C@H]3O[C@]34C2)[C@@H]1OC(C)=O. The second-order valence-electron chi connectivity index (χ2n) is 16.1. The van der Waals surface area contributed by atoms with Gasteiger partial charge >= 0.3 is 30.0 Å². The fourth-order valence-corrected chi connectivity index (χ4v) is 11.8. The van der Waals surface area contributed by atoms with Gasteiger partial charge in [-0.2, -0.15) is 0 Å². The Morgan fingerprint density at radius 1 is 0.882 bits per heavy atom. The van der Waals surface area contributed by atoms with Crippen LogP contribution >= 0.6 is 0 Å². The Balaban J connectivity index is 1.08. The van der Waals surface area contributed by atoms with E-state index in [1.807, 2.05) is 0 Å². The lowest BCUT2D eigenvalue weighted by atomic mass is 9.42. The maximum Gasteiger partial charge on any atom is 0.508 e. The lowest BCUT2D eigenvalue weighted by Gasteiger charge is -2.64. The maximum absolute atomic E-state index is 12.8. The largest absolute Gasteiger partial charge is 0.508 e. The summed E-state index contributed by atoms with van der Waals surface area (Å²) < 4.78 is 53.1. The highest BCUT2D eigenvalue weighted by Crippen LogP contribution is 2.76. The normalized spacial score (nSPS) is 49.2. The Kier molecular flexibility index (Phi) is 8.10. The van der Waals surface area contributed by atoms with Crippen molar-refractivity contribution in [2.45, 2.75) is 140 Å². The summed E-state index contributed by atoms with van der Waals surface area (Å²) in [6.07, 6.45) is -2.43. The van der Waals surface area contributed by atoms with Gasteiger partial charge in [0, 0.05) is 45.1 Å². The van der Waals surface area contributed by atoms with E-state index in [4.69, 9.17) is 42.6 Å². The molecule has 1 N–H and O–H groups in total. The molecule has 15 nitrogen and oxygen atoms in total. The summed E-state index contributed by atoms with van der Waals surface area (Å²) in [5, 5.41) is 12.8. The number of fused-ring (bicyclic) bond motifs is 3. The molecule has 0 aromatic rings. The molecule has 280 valence electrons. The van der Waals surface area contributed by atoms with Crippen LogP contribution in [0.4, 0.5) is 4.79 Å². The van der Waals surface area contributed by atoms with Gasteiger partial charge in [-0.3, -0.25) is 14.4 Å². The number of cyclic esters (lactones) is 2. The number of esters is 4. The highest BCUT2D eigenvalue weighted by atomic mass is 16.8. The van der Waals surface area contributed by atoms with Crippen molar-refractivity contribution >= 4 is 30.0 Å². The van der Waals surface area contributed by atoms with Crippen LogP contribution in [0.2, 0.25) is 0 Å². The zero-order valence-electron chi connectivity index (χ0n) is 29.5. The molecule has 15 atom stereocenters. The van der Waals surface area contributed by atoms with Gasteiger partial charge in [0.15, 0.2) is 24.6 Å². The second-order valence-corrected chi connectivity index (χ2v) is 16.1. The molecule has 8 aliphatic rings. The van der Waals surface area contributed by atoms with E-state index in [2.05, 4.69) is 6.92 Å². The zero-order chi connectivity index (χ0) is 36.2. The van der Waals surface area contributed by atoms with Gasteiger partial charge in [0.25, 0.3) is 0 Å². The van der Waals surface area contributed by atoms with Crippen molar-refractivity contribution in [1.82, 2.24) is 0 Å². The highest BCUT2D eigenvalue weighted by Gasteiger charge is 2.84. The molecule has 51 heavy (non-hydrogen) atoms. The standard InChI is InChI=1S/C36H46O15/c1-16-28(46-17(2)37)29(47-18(3)38)30(48-19(4)39)31(45-16)49-21-11-25-34(15-44-32(41)50-25)23-6-8-33(5)22(20-10-27(40)43-14-20)7-9-35(33,42)24(23)12-26-36(34,13-21)51-26/h10,16,21-26,28-31,42H,6-9,11-15H2,1-5H3/t16-,21-,22+,23-,24+,25+,26+,28-,29+,30+,31-,33+,34-,35-,36+/m0/s1. The predicted octanol–water partition coefficient (Wildman–Crippen LogP) is 2.43. The molecule has 0 aromatic carbocycles. The van der Waals surface area contributed by atoms with Crippen LogP contribution in [-0.2, 0) is 61.8 Å². The van der Waals surface area contributed by atoms with E-state index >= 15 is 0 Å². The number of carbonyl (C=O) groups is 5. The van der Waals surface area contributed by atoms with Crippen molar-refractivity contribution in [2.75, 3.05) is 13.2 Å². The van der Waals surface area contributed by atoms with E-state index in [-0.39, 0.29) is 49.5 Å². The molecule has 8 rings (SSSR count). The van der Waals surface area contributed by atoms with E-state index in [9.17, 15) is 29.1 Å². The molecule has 0 unspecified atom stereocenters. The number of hydrogen-bond donors (Lipinski definition) is 1. The Labute approximate surface area is 294 Å². The van der Waals surface area contributed by atoms with Crippen LogP contribution in [0.3, 0.4) is 0 Å². The minimum atomic E-state index is -1.28. The summed E-state index contributed by atoms with van der Waals surface area (Å²) in [6.45, 7) is 7.72. The van der Waals surface area contributed by atoms with Crippen molar-refractivity contribution in [2.24, 2.45) is 28.6 Å². The van der Waals surface area contributed by atoms with Crippen molar-refractivity contribution in [3.63, 3.8) is 0 Å². The summed E-state index contributed by atoms with van der Waals surface area (Å²) in [6, 6.07) is 0. The van der Waals surface area contributed by atoms with Crippen molar-refractivity contribution in [3.05, 3.63) is 11.6 Å². The molecule has 4 aliphatic carbocycles. The van der Waals surface area contributed by atoms with Gasteiger partial charge < -0.3 is 47.7 Å². The molecule has 0 bridgehead atoms. The summed E-state index contributed by atoms with van der Waals surface area (Å²) in [4.78, 5) is 61.3. The Morgan fingerprint density at radius 2 is 1.59 bits per heavy atom. The summed E-state index contributed by atoms with van der Waals surface area (Å²) in [7, 11) is 0. The molecule has 15 heteroatoms. The number of aliphatic hydroxyl groups is 1. The molecule has 4 saturated carbocycles. The second kappa shape index (κ2) is 11.9.